The standard InChI is InChI=1S/C11H21ClN2O/c1-4-13-5-7-14(8-6-13)9-11(2,3)10(12)15/h4-9H2,1-3H3. The second kappa shape index (κ2) is 5.28. The molecule has 1 aliphatic heterocycles. The van der Waals surface area contributed by atoms with E-state index in [1.807, 2.05) is 13.8 Å². The summed E-state index contributed by atoms with van der Waals surface area (Å²) in [6.07, 6.45) is 0. The van der Waals surface area contributed by atoms with Gasteiger partial charge in [0.2, 0.25) is 5.24 Å². The first-order valence-electron chi connectivity index (χ1n) is 5.60. The van der Waals surface area contributed by atoms with Crippen LogP contribution in [0.25, 0.3) is 0 Å². The summed E-state index contributed by atoms with van der Waals surface area (Å²) in [6, 6.07) is 0. The van der Waals surface area contributed by atoms with Crippen molar-refractivity contribution in [2.75, 3.05) is 39.3 Å². The molecule has 0 bridgehead atoms. The molecule has 3 nitrogen and oxygen atoms in total. The summed E-state index contributed by atoms with van der Waals surface area (Å²) in [7, 11) is 0. The molecule has 1 saturated heterocycles. The number of piperazine rings is 1. The number of carbonyl (C=O) groups excluding carboxylic acids is 1. The molecule has 15 heavy (non-hydrogen) atoms. The summed E-state index contributed by atoms with van der Waals surface area (Å²) >= 11 is 5.57. The van der Waals surface area contributed by atoms with Crippen molar-refractivity contribution in [1.29, 1.82) is 0 Å². The molecular formula is C11H21ClN2O. The molecule has 0 aromatic heterocycles. The highest BCUT2D eigenvalue weighted by atomic mass is 35.5. The number of hydrogen-bond acceptors (Lipinski definition) is 3. The number of carbonyl (C=O) groups is 1. The lowest BCUT2D eigenvalue weighted by Gasteiger charge is -2.37. The molecule has 0 aliphatic carbocycles. The van der Waals surface area contributed by atoms with Gasteiger partial charge >= 0.3 is 0 Å². The smallest absolute Gasteiger partial charge is 0.228 e. The van der Waals surface area contributed by atoms with E-state index in [1.165, 1.54) is 0 Å². The van der Waals surface area contributed by atoms with Gasteiger partial charge < -0.3 is 4.90 Å². The molecule has 0 amide bonds. The summed E-state index contributed by atoms with van der Waals surface area (Å²) in [4.78, 5) is 15.9. The number of rotatable bonds is 4. The van der Waals surface area contributed by atoms with Crippen LogP contribution in [0, 0.1) is 5.41 Å². The highest BCUT2D eigenvalue weighted by Crippen LogP contribution is 2.21. The SMILES string of the molecule is CCN1CCN(CC(C)(C)C(=O)Cl)CC1. The van der Waals surface area contributed by atoms with E-state index < -0.39 is 5.41 Å². The van der Waals surface area contributed by atoms with E-state index in [9.17, 15) is 4.79 Å². The molecule has 0 spiro atoms. The first-order valence-corrected chi connectivity index (χ1v) is 5.98. The van der Waals surface area contributed by atoms with E-state index in [1.54, 1.807) is 0 Å². The molecule has 0 aromatic rings. The minimum absolute atomic E-state index is 0.236. The van der Waals surface area contributed by atoms with Gasteiger partial charge in [-0.25, -0.2) is 0 Å². The molecule has 0 unspecified atom stereocenters. The molecule has 0 saturated carbocycles. The van der Waals surface area contributed by atoms with Crippen LogP contribution in [0.4, 0.5) is 0 Å². The fraction of sp³-hybridized carbons (Fsp3) is 0.909. The molecule has 1 heterocycles. The van der Waals surface area contributed by atoms with Gasteiger partial charge in [0.25, 0.3) is 0 Å². The van der Waals surface area contributed by atoms with Crippen molar-refractivity contribution < 1.29 is 4.79 Å². The van der Waals surface area contributed by atoms with Gasteiger partial charge in [0.1, 0.15) is 0 Å². The molecule has 1 fully saturated rings. The second-order valence-electron chi connectivity index (χ2n) is 4.87. The minimum atomic E-state index is -0.421. The predicted octanol–water partition coefficient (Wildman–Crippen LogP) is 1.42. The third kappa shape index (κ3) is 3.74. The van der Waals surface area contributed by atoms with Crippen molar-refractivity contribution in [3.05, 3.63) is 0 Å². The largest absolute Gasteiger partial charge is 0.301 e. The third-order valence-electron chi connectivity index (χ3n) is 3.06. The molecule has 0 atom stereocenters. The summed E-state index contributed by atoms with van der Waals surface area (Å²) in [6.45, 7) is 12.2. The van der Waals surface area contributed by atoms with Gasteiger partial charge in [0.05, 0.1) is 5.41 Å². The maximum Gasteiger partial charge on any atom is 0.228 e. The van der Waals surface area contributed by atoms with Crippen LogP contribution in [-0.2, 0) is 4.79 Å². The zero-order chi connectivity index (χ0) is 11.5. The summed E-state index contributed by atoms with van der Waals surface area (Å²) in [5, 5.41) is -0.236. The second-order valence-corrected chi connectivity index (χ2v) is 5.21. The van der Waals surface area contributed by atoms with E-state index in [4.69, 9.17) is 11.6 Å². The van der Waals surface area contributed by atoms with Crippen LogP contribution in [0.5, 0.6) is 0 Å². The van der Waals surface area contributed by atoms with Gasteiger partial charge in [-0.15, -0.1) is 0 Å². The topological polar surface area (TPSA) is 23.6 Å². The summed E-state index contributed by atoms with van der Waals surface area (Å²) in [5.41, 5.74) is -0.421. The normalized spacial score (nSPS) is 20.5. The van der Waals surface area contributed by atoms with Crippen molar-refractivity contribution in [2.45, 2.75) is 20.8 Å². The quantitative estimate of drug-likeness (QED) is 0.685. The number of hydrogen-bond donors (Lipinski definition) is 0. The lowest BCUT2D eigenvalue weighted by molar-refractivity contribution is -0.120. The molecule has 0 aromatic carbocycles. The van der Waals surface area contributed by atoms with Gasteiger partial charge in [-0.1, -0.05) is 20.8 Å². The van der Waals surface area contributed by atoms with Gasteiger partial charge in [0.15, 0.2) is 0 Å². The van der Waals surface area contributed by atoms with Crippen molar-refractivity contribution in [1.82, 2.24) is 9.80 Å². The van der Waals surface area contributed by atoms with Crippen LogP contribution in [0.3, 0.4) is 0 Å². The fourth-order valence-electron chi connectivity index (χ4n) is 1.88. The predicted molar refractivity (Wildman–Crippen MR) is 63.2 cm³/mol. The molecular weight excluding hydrogens is 212 g/mol. The lowest BCUT2D eigenvalue weighted by atomic mass is 9.94. The minimum Gasteiger partial charge on any atom is -0.301 e. The Balaban J connectivity index is 2.38. The Labute approximate surface area is 97.4 Å². The van der Waals surface area contributed by atoms with Crippen LogP contribution < -0.4 is 0 Å². The number of halogens is 1. The van der Waals surface area contributed by atoms with Crippen LogP contribution in [0.1, 0.15) is 20.8 Å². The highest BCUT2D eigenvalue weighted by molar-refractivity contribution is 6.64. The van der Waals surface area contributed by atoms with Crippen molar-refractivity contribution in [2.24, 2.45) is 5.41 Å². The van der Waals surface area contributed by atoms with Crippen molar-refractivity contribution in [3.8, 4) is 0 Å². The fourth-order valence-corrected chi connectivity index (χ4v) is 1.94. The molecule has 1 aliphatic rings. The van der Waals surface area contributed by atoms with Crippen LogP contribution in [0.2, 0.25) is 0 Å². The third-order valence-corrected chi connectivity index (χ3v) is 3.57. The zero-order valence-corrected chi connectivity index (χ0v) is 10.7. The lowest BCUT2D eigenvalue weighted by Crippen LogP contribution is -2.49. The molecule has 0 N–H and O–H groups in total. The maximum absolute atomic E-state index is 11.2. The Kier molecular flexibility index (Phi) is 4.56. The Morgan fingerprint density at radius 1 is 1.20 bits per heavy atom. The Hall–Kier alpha value is -0.120. The first-order chi connectivity index (χ1) is 6.95. The highest BCUT2D eigenvalue weighted by Gasteiger charge is 2.29. The van der Waals surface area contributed by atoms with Crippen LogP contribution in [0.15, 0.2) is 0 Å². The first kappa shape index (κ1) is 12.9. The summed E-state index contributed by atoms with van der Waals surface area (Å²) < 4.78 is 0. The molecule has 4 heteroatoms. The maximum atomic E-state index is 11.2. The number of likely N-dealkylation sites (N-methyl/N-ethyl adjacent to an activating group) is 1. The summed E-state index contributed by atoms with van der Waals surface area (Å²) in [5.74, 6) is 0. The molecule has 88 valence electrons. The average molecular weight is 233 g/mol. The Bertz CT molecular complexity index is 223. The Morgan fingerprint density at radius 2 is 1.67 bits per heavy atom. The van der Waals surface area contributed by atoms with E-state index in [0.29, 0.717) is 0 Å². The van der Waals surface area contributed by atoms with Gasteiger partial charge in [-0.2, -0.15) is 0 Å². The number of nitrogens with zero attached hydrogens (tertiary/aromatic N) is 2. The average Bonchev–Trinajstić information content (AvgIpc) is 2.18. The molecule has 1 rings (SSSR count). The van der Waals surface area contributed by atoms with Gasteiger partial charge in [-0.05, 0) is 18.1 Å². The van der Waals surface area contributed by atoms with Crippen molar-refractivity contribution in [3.63, 3.8) is 0 Å². The van der Waals surface area contributed by atoms with E-state index in [-0.39, 0.29) is 5.24 Å². The van der Waals surface area contributed by atoms with Crippen molar-refractivity contribution >= 4 is 16.8 Å². The van der Waals surface area contributed by atoms with Gasteiger partial charge in [0, 0.05) is 32.7 Å². The van der Waals surface area contributed by atoms with Crippen LogP contribution >= 0.6 is 11.6 Å². The Morgan fingerprint density at radius 3 is 2.07 bits per heavy atom. The monoisotopic (exact) mass is 232 g/mol. The van der Waals surface area contributed by atoms with E-state index in [0.717, 1.165) is 39.3 Å². The van der Waals surface area contributed by atoms with Crippen LogP contribution in [-0.4, -0.2) is 54.3 Å². The zero-order valence-electron chi connectivity index (χ0n) is 9.92. The van der Waals surface area contributed by atoms with E-state index in [2.05, 4.69) is 16.7 Å². The van der Waals surface area contributed by atoms with E-state index >= 15 is 0 Å². The van der Waals surface area contributed by atoms with Gasteiger partial charge in [-0.3, -0.25) is 9.69 Å². The molecule has 0 radical (unpaired) electrons.